The Morgan fingerprint density at radius 2 is 1.90 bits per heavy atom. The molecule has 2 aromatic heterocycles. The summed E-state index contributed by atoms with van der Waals surface area (Å²) in [6, 6.07) is 21.4. The summed E-state index contributed by atoms with van der Waals surface area (Å²) in [5.41, 5.74) is 3.00. The Kier molecular flexibility index (Phi) is 4.77. The van der Waals surface area contributed by atoms with E-state index in [1.54, 1.807) is 13.3 Å². The molecule has 1 amide bonds. The number of fused-ring (bicyclic) bond motifs is 4. The number of carbonyl (C=O) groups excluding carboxylic acids is 1. The van der Waals surface area contributed by atoms with Gasteiger partial charge in [0.25, 0.3) is 0 Å². The van der Waals surface area contributed by atoms with Gasteiger partial charge in [-0.25, -0.2) is 0 Å². The number of thioether (sulfide) groups is 1. The molecule has 2 heterocycles. The molecular formula is C24H18N2O3S. The number of benzene rings is 3. The first-order valence-electron chi connectivity index (χ1n) is 9.48. The lowest BCUT2D eigenvalue weighted by atomic mass is 10.1. The van der Waals surface area contributed by atoms with Gasteiger partial charge in [0.05, 0.1) is 24.1 Å². The topological polar surface area (TPSA) is 64.4 Å². The highest BCUT2D eigenvalue weighted by atomic mass is 32.2. The van der Waals surface area contributed by atoms with Crippen molar-refractivity contribution in [3.05, 3.63) is 72.9 Å². The minimum Gasteiger partial charge on any atom is -0.495 e. The van der Waals surface area contributed by atoms with Crippen molar-refractivity contribution >= 4 is 56.2 Å². The molecule has 148 valence electrons. The largest absolute Gasteiger partial charge is 0.495 e. The molecule has 0 aliphatic rings. The van der Waals surface area contributed by atoms with E-state index in [1.165, 1.54) is 11.8 Å². The Bertz CT molecular complexity index is 1390. The number of pyridine rings is 1. The second-order valence-corrected chi connectivity index (χ2v) is 7.83. The average Bonchev–Trinajstić information content (AvgIpc) is 3.14. The van der Waals surface area contributed by atoms with Crippen molar-refractivity contribution in [3.8, 4) is 5.75 Å². The Balaban J connectivity index is 1.39. The number of nitrogens with zero attached hydrogens (tertiary/aromatic N) is 1. The van der Waals surface area contributed by atoms with E-state index in [-0.39, 0.29) is 11.7 Å². The Hall–Kier alpha value is -3.51. The van der Waals surface area contributed by atoms with Crippen LogP contribution in [0.2, 0.25) is 0 Å². The first-order chi connectivity index (χ1) is 14.7. The number of amides is 1. The van der Waals surface area contributed by atoms with Gasteiger partial charge in [-0.15, -0.1) is 11.8 Å². The van der Waals surface area contributed by atoms with Crippen LogP contribution in [0.3, 0.4) is 0 Å². The fourth-order valence-corrected chi connectivity index (χ4v) is 4.38. The molecule has 0 saturated carbocycles. The number of rotatable bonds is 5. The molecule has 0 unspecified atom stereocenters. The van der Waals surface area contributed by atoms with Crippen LogP contribution in [0.5, 0.6) is 5.75 Å². The van der Waals surface area contributed by atoms with Crippen molar-refractivity contribution < 1.29 is 13.9 Å². The molecule has 0 saturated heterocycles. The highest BCUT2D eigenvalue weighted by molar-refractivity contribution is 8.00. The fourth-order valence-electron chi connectivity index (χ4n) is 3.54. The molecule has 0 radical (unpaired) electrons. The standard InChI is InChI=1S/C24H18N2O3S/c1-28-21-12-17-16-8-2-3-9-19(16)29-20(17)13-18(21)26-23(27)14-30-22-10-4-6-15-7-5-11-25-24(15)22/h2-13H,14H2,1H3,(H,26,27). The van der Waals surface area contributed by atoms with Crippen molar-refractivity contribution in [2.45, 2.75) is 4.90 Å². The summed E-state index contributed by atoms with van der Waals surface area (Å²) in [5, 5.41) is 5.98. The van der Waals surface area contributed by atoms with Crippen molar-refractivity contribution in [1.29, 1.82) is 0 Å². The van der Waals surface area contributed by atoms with Gasteiger partial charge in [-0.05, 0) is 24.3 Å². The second-order valence-electron chi connectivity index (χ2n) is 6.81. The van der Waals surface area contributed by atoms with E-state index in [4.69, 9.17) is 9.15 Å². The molecular weight excluding hydrogens is 396 g/mol. The maximum Gasteiger partial charge on any atom is 0.234 e. The molecule has 5 nitrogen and oxygen atoms in total. The van der Waals surface area contributed by atoms with E-state index >= 15 is 0 Å². The Morgan fingerprint density at radius 1 is 1.03 bits per heavy atom. The number of para-hydroxylation sites is 2. The molecule has 0 spiro atoms. The summed E-state index contributed by atoms with van der Waals surface area (Å²) in [7, 11) is 1.59. The van der Waals surface area contributed by atoms with Gasteiger partial charge in [0.15, 0.2) is 0 Å². The summed E-state index contributed by atoms with van der Waals surface area (Å²) in [6.45, 7) is 0. The van der Waals surface area contributed by atoms with Crippen LogP contribution in [0.1, 0.15) is 0 Å². The highest BCUT2D eigenvalue weighted by Gasteiger charge is 2.14. The van der Waals surface area contributed by atoms with Crippen molar-refractivity contribution in [2.24, 2.45) is 0 Å². The molecule has 0 atom stereocenters. The third kappa shape index (κ3) is 3.35. The van der Waals surface area contributed by atoms with Crippen LogP contribution in [-0.2, 0) is 4.79 Å². The number of ether oxygens (including phenoxy) is 1. The lowest BCUT2D eigenvalue weighted by Crippen LogP contribution is -2.14. The molecule has 0 aliphatic carbocycles. The first kappa shape index (κ1) is 18.5. The summed E-state index contributed by atoms with van der Waals surface area (Å²) >= 11 is 1.46. The molecule has 0 aliphatic heterocycles. The van der Waals surface area contributed by atoms with Crippen LogP contribution in [0.25, 0.3) is 32.8 Å². The number of hydrogen-bond acceptors (Lipinski definition) is 5. The van der Waals surface area contributed by atoms with Gasteiger partial charge < -0.3 is 14.5 Å². The van der Waals surface area contributed by atoms with E-state index in [2.05, 4.69) is 10.3 Å². The monoisotopic (exact) mass is 414 g/mol. The number of furan rings is 1. The zero-order valence-corrected chi connectivity index (χ0v) is 17.0. The lowest BCUT2D eigenvalue weighted by Gasteiger charge is -2.11. The van der Waals surface area contributed by atoms with E-state index in [0.29, 0.717) is 17.0 Å². The van der Waals surface area contributed by atoms with Crippen LogP contribution < -0.4 is 10.1 Å². The number of carbonyl (C=O) groups is 1. The molecule has 3 aromatic carbocycles. The first-order valence-corrected chi connectivity index (χ1v) is 10.5. The Morgan fingerprint density at radius 3 is 2.80 bits per heavy atom. The number of nitrogens with one attached hydrogen (secondary N) is 1. The fraction of sp³-hybridized carbons (Fsp3) is 0.0833. The van der Waals surface area contributed by atoms with Gasteiger partial charge >= 0.3 is 0 Å². The number of hydrogen-bond donors (Lipinski definition) is 1. The number of methoxy groups -OCH3 is 1. The molecule has 5 aromatic rings. The number of aromatic nitrogens is 1. The predicted octanol–water partition coefficient (Wildman–Crippen LogP) is 5.87. The Labute approximate surface area is 177 Å². The van der Waals surface area contributed by atoms with Gasteiger partial charge in [0.1, 0.15) is 16.9 Å². The van der Waals surface area contributed by atoms with Gasteiger partial charge in [-0.3, -0.25) is 9.78 Å². The van der Waals surface area contributed by atoms with E-state index in [1.807, 2.05) is 66.7 Å². The summed E-state index contributed by atoms with van der Waals surface area (Å²) in [4.78, 5) is 18.1. The molecule has 6 heteroatoms. The lowest BCUT2D eigenvalue weighted by molar-refractivity contribution is -0.113. The molecule has 5 rings (SSSR count). The van der Waals surface area contributed by atoms with Crippen molar-refractivity contribution in [2.75, 3.05) is 18.2 Å². The maximum absolute atomic E-state index is 12.7. The minimum absolute atomic E-state index is 0.123. The zero-order valence-electron chi connectivity index (χ0n) is 16.2. The smallest absolute Gasteiger partial charge is 0.234 e. The number of anilines is 1. The van der Waals surface area contributed by atoms with Crippen LogP contribution in [-0.4, -0.2) is 23.8 Å². The van der Waals surface area contributed by atoms with Crippen molar-refractivity contribution in [1.82, 2.24) is 4.98 Å². The normalized spacial score (nSPS) is 11.2. The zero-order chi connectivity index (χ0) is 20.5. The second kappa shape index (κ2) is 7.72. The van der Waals surface area contributed by atoms with Gasteiger partial charge in [0, 0.05) is 33.3 Å². The molecule has 0 bridgehead atoms. The molecule has 1 N–H and O–H groups in total. The van der Waals surface area contributed by atoms with E-state index in [9.17, 15) is 4.79 Å². The highest BCUT2D eigenvalue weighted by Crippen LogP contribution is 2.36. The maximum atomic E-state index is 12.7. The molecule has 0 fully saturated rings. The quantitative estimate of drug-likeness (QED) is 0.364. The summed E-state index contributed by atoms with van der Waals surface area (Å²) in [6.07, 6.45) is 1.76. The SMILES string of the molecule is COc1cc2c(cc1NC(=O)CSc1cccc3cccnc13)oc1ccccc12. The van der Waals surface area contributed by atoms with Gasteiger partial charge in [0.2, 0.25) is 5.91 Å². The van der Waals surface area contributed by atoms with Crippen molar-refractivity contribution in [3.63, 3.8) is 0 Å². The van der Waals surface area contributed by atoms with Crippen LogP contribution in [0.4, 0.5) is 5.69 Å². The van der Waals surface area contributed by atoms with E-state index in [0.717, 1.165) is 32.2 Å². The van der Waals surface area contributed by atoms with Crippen LogP contribution in [0, 0.1) is 0 Å². The van der Waals surface area contributed by atoms with Gasteiger partial charge in [-0.2, -0.15) is 0 Å². The average molecular weight is 414 g/mol. The van der Waals surface area contributed by atoms with Crippen LogP contribution in [0.15, 0.2) is 82.2 Å². The predicted molar refractivity (Wildman–Crippen MR) is 121 cm³/mol. The summed E-state index contributed by atoms with van der Waals surface area (Å²) < 4.78 is 11.5. The minimum atomic E-state index is -0.123. The summed E-state index contributed by atoms with van der Waals surface area (Å²) in [5.74, 6) is 0.734. The van der Waals surface area contributed by atoms with Gasteiger partial charge in [-0.1, -0.05) is 36.4 Å². The van der Waals surface area contributed by atoms with E-state index < -0.39 is 0 Å². The van der Waals surface area contributed by atoms with Crippen LogP contribution >= 0.6 is 11.8 Å². The third-order valence-electron chi connectivity index (χ3n) is 4.93. The molecule has 30 heavy (non-hydrogen) atoms. The third-order valence-corrected chi connectivity index (χ3v) is 5.97.